The van der Waals surface area contributed by atoms with Gasteiger partial charge in [0.05, 0.1) is 17.3 Å². The van der Waals surface area contributed by atoms with Crippen LogP contribution in [0.4, 0.5) is 0 Å². The first-order valence-corrected chi connectivity index (χ1v) is 7.35. The van der Waals surface area contributed by atoms with Crippen LogP contribution in [0.25, 0.3) is 0 Å². The van der Waals surface area contributed by atoms with E-state index in [0.29, 0.717) is 25.3 Å². The summed E-state index contributed by atoms with van der Waals surface area (Å²) in [5.41, 5.74) is 1.75. The maximum atomic E-state index is 12.2. The number of carbonyl (C=O) groups excluding carboxylic acids is 1. The van der Waals surface area contributed by atoms with E-state index in [1.807, 2.05) is 38.1 Å². The summed E-state index contributed by atoms with van der Waals surface area (Å²) in [4.78, 5) is 12.2. The highest BCUT2D eigenvalue weighted by Gasteiger charge is 2.16. The zero-order valence-electron chi connectivity index (χ0n) is 11.6. The molecule has 1 aromatic heterocycles. The molecule has 0 fully saturated rings. The van der Waals surface area contributed by atoms with Gasteiger partial charge in [0.2, 0.25) is 0 Å². The Kier molecular flexibility index (Phi) is 4.95. The largest absolute Gasteiger partial charge is 0.493 e. The molecule has 0 saturated heterocycles. The number of aromatic nitrogens is 2. The van der Waals surface area contributed by atoms with Gasteiger partial charge in [-0.25, -0.2) is 0 Å². The van der Waals surface area contributed by atoms with Crippen LogP contribution in [0, 0.1) is 6.92 Å². The first-order chi connectivity index (χ1) is 9.61. The second-order valence-corrected chi connectivity index (χ2v) is 5.35. The molecule has 106 valence electrons. The molecule has 0 N–H and O–H groups in total. The van der Waals surface area contributed by atoms with Gasteiger partial charge in [-0.05, 0) is 47.5 Å². The summed E-state index contributed by atoms with van der Waals surface area (Å²) in [6.45, 7) is 5.00. The van der Waals surface area contributed by atoms with Crippen LogP contribution in [-0.4, -0.2) is 22.2 Å². The number of ketones is 1. The standard InChI is InChI=1S/C15H17BrN2O2/c1-3-18-15(13(16)10-17-18)14(19)7-8-20-12-6-4-5-11(2)9-12/h4-6,9-10H,3,7-8H2,1-2H3. The Hall–Kier alpha value is -1.62. The lowest BCUT2D eigenvalue weighted by atomic mass is 10.2. The lowest BCUT2D eigenvalue weighted by molar-refractivity contribution is 0.0951. The summed E-state index contributed by atoms with van der Waals surface area (Å²) in [7, 11) is 0. The predicted molar refractivity (Wildman–Crippen MR) is 81.2 cm³/mol. The Morgan fingerprint density at radius 2 is 2.25 bits per heavy atom. The topological polar surface area (TPSA) is 44.1 Å². The van der Waals surface area contributed by atoms with E-state index in [1.165, 1.54) is 0 Å². The van der Waals surface area contributed by atoms with Gasteiger partial charge < -0.3 is 4.74 Å². The molecule has 0 aliphatic rings. The fourth-order valence-corrected chi connectivity index (χ4v) is 2.48. The molecule has 0 aliphatic heterocycles. The van der Waals surface area contributed by atoms with E-state index in [9.17, 15) is 4.79 Å². The molecule has 2 rings (SSSR count). The normalized spacial score (nSPS) is 10.6. The van der Waals surface area contributed by atoms with Gasteiger partial charge in [-0.15, -0.1) is 0 Å². The van der Waals surface area contributed by atoms with Crippen LogP contribution < -0.4 is 4.74 Å². The fraction of sp³-hybridized carbons (Fsp3) is 0.333. The molecule has 0 atom stereocenters. The number of benzene rings is 1. The minimum absolute atomic E-state index is 0.0314. The molecule has 0 unspecified atom stereocenters. The maximum Gasteiger partial charge on any atom is 0.185 e. The Morgan fingerprint density at radius 3 is 2.95 bits per heavy atom. The van der Waals surface area contributed by atoms with Gasteiger partial charge >= 0.3 is 0 Å². The van der Waals surface area contributed by atoms with Crippen LogP contribution in [0.2, 0.25) is 0 Å². The van der Waals surface area contributed by atoms with E-state index in [2.05, 4.69) is 21.0 Å². The van der Waals surface area contributed by atoms with E-state index < -0.39 is 0 Å². The molecule has 1 heterocycles. The van der Waals surface area contributed by atoms with Gasteiger partial charge in [-0.2, -0.15) is 5.10 Å². The van der Waals surface area contributed by atoms with Crippen molar-refractivity contribution in [3.63, 3.8) is 0 Å². The van der Waals surface area contributed by atoms with E-state index in [-0.39, 0.29) is 5.78 Å². The Bertz CT molecular complexity index is 608. The van der Waals surface area contributed by atoms with E-state index in [1.54, 1.807) is 10.9 Å². The molecule has 0 saturated carbocycles. The van der Waals surface area contributed by atoms with Crippen LogP contribution in [0.15, 0.2) is 34.9 Å². The minimum Gasteiger partial charge on any atom is -0.493 e. The second kappa shape index (κ2) is 6.70. The molecule has 0 bridgehead atoms. The summed E-state index contributed by atoms with van der Waals surface area (Å²) in [5, 5.41) is 4.14. The quantitative estimate of drug-likeness (QED) is 0.756. The fourth-order valence-electron chi connectivity index (χ4n) is 1.96. The zero-order valence-corrected chi connectivity index (χ0v) is 13.2. The highest BCUT2D eigenvalue weighted by atomic mass is 79.9. The number of hydrogen-bond acceptors (Lipinski definition) is 3. The molecule has 0 amide bonds. The molecule has 5 heteroatoms. The van der Waals surface area contributed by atoms with Crippen molar-refractivity contribution in [2.75, 3.05) is 6.61 Å². The molecular weight excluding hydrogens is 320 g/mol. The first-order valence-electron chi connectivity index (χ1n) is 6.55. The van der Waals surface area contributed by atoms with Crippen molar-refractivity contribution in [1.82, 2.24) is 9.78 Å². The highest BCUT2D eigenvalue weighted by Crippen LogP contribution is 2.18. The molecule has 1 aromatic carbocycles. The summed E-state index contributed by atoms with van der Waals surface area (Å²) >= 11 is 3.36. The monoisotopic (exact) mass is 336 g/mol. The van der Waals surface area contributed by atoms with Crippen molar-refractivity contribution in [1.29, 1.82) is 0 Å². The smallest absolute Gasteiger partial charge is 0.185 e. The molecule has 4 nitrogen and oxygen atoms in total. The number of carbonyl (C=O) groups is 1. The van der Waals surface area contributed by atoms with Crippen molar-refractivity contribution >= 4 is 21.7 Å². The summed E-state index contributed by atoms with van der Waals surface area (Å²) in [6.07, 6.45) is 1.98. The van der Waals surface area contributed by atoms with Gasteiger partial charge in [0.25, 0.3) is 0 Å². The molecular formula is C15H17BrN2O2. The van der Waals surface area contributed by atoms with Gasteiger partial charge in [0.1, 0.15) is 11.4 Å². The minimum atomic E-state index is 0.0314. The lowest BCUT2D eigenvalue weighted by Crippen LogP contribution is -2.13. The van der Waals surface area contributed by atoms with E-state index >= 15 is 0 Å². The SMILES string of the molecule is CCn1ncc(Br)c1C(=O)CCOc1cccc(C)c1. The number of hydrogen-bond donors (Lipinski definition) is 0. The average molecular weight is 337 g/mol. The van der Waals surface area contributed by atoms with Crippen molar-refractivity contribution in [3.8, 4) is 5.75 Å². The first kappa shape index (κ1) is 14.8. The number of Topliss-reactive ketones (excluding diaryl/α,β-unsaturated/α-hetero) is 1. The predicted octanol–water partition coefficient (Wildman–Crippen LogP) is 3.63. The Labute approximate surface area is 126 Å². The van der Waals surface area contributed by atoms with Gasteiger partial charge in [-0.3, -0.25) is 9.48 Å². The van der Waals surface area contributed by atoms with Crippen LogP contribution >= 0.6 is 15.9 Å². The maximum absolute atomic E-state index is 12.2. The summed E-state index contributed by atoms with van der Waals surface area (Å²) < 4.78 is 8.03. The van der Waals surface area contributed by atoms with E-state index in [4.69, 9.17) is 4.74 Å². The molecule has 0 aliphatic carbocycles. The summed E-state index contributed by atoms with van der Waals surface area (Å²) in [5.74, 6) is 0.824. The average Bonchev–Trinajstić information content (AvgIpc) is 2.80. The third kappa shape index (κ3) is 3.48. The molecule has 0 radical (unpaired) electrons. The van der Waals surface area contributed by atoms with Crippen molar-refractivity contribution in [2.24, 2.45) is 0 Å². The van der Waals surface area contributed by atoms with Crippen LogP contribution in [-0.2, 0) is 6.54 Å². The van der Waals surface area contributed by atoms with Crippen LogP contribution in [0.1, 0.15) is 29.4 Å². The molecule has 2 aromatic rings. The number of halogens is 1. The van der Waals surface area contributed by atoms with Crippen LogP contribution in [0.3, 0.4) is 0 Å². The zero-order chi connectivity index (χ0) is 14.5. The van der Waals surface area contributed by atoms with E-state index in [0.717, 1.165) is 15.8 Å². The van der Waals surface area contributed by atoms with Crippen molar-refractivity contribution in [3.05, 3.63) is 46.2 Å². The third-order valence-corrected chi connectivity index (χ3v) is 3.53. The molecule has 20 heavy (non-hydrogen) atoms. The highest BCUT2D eigenvalue weighted by molar-refractivity contribution is 9.10. The number of rotatable bonds is 6. The van der Waals surface area contributed by atoms with Crippen molar-refractivity contribution in [2.45, 2.75) is 26.8 Å². The van der Waals surface area contributed by atoms with Gasteiger partial charge in [0.15, 0.2) is 5.78 Å². The number of nitrogens with zero attached hydrogens (tertiary/aromatic N) is 2. The summed E-state index contributed by atoms with van der Waals surface area (Å²) in [6, 6.07) is 7.80. The Morgan fingerprint density at radius 1 is 1.45 bits per heavy atom. The molecule has 0 spiro atoms. The second-order valence-electron chi connectivity index (χ2n) is 4.50. The lowest BCUT2D eigenvalue weighted by Gasteiger charge is -2.07. The van der Waals surface area contributed by atoms with Crippen LogP contribution in [0.5, 0.6) is 5.75 Å². The number of aryl methyl sites for hydroxylation is 2. The Balaban J connectivity index is 1.94. The third-order valence-electron chi connectivity index (χ3n) is 2.95. The van der Waals surface area contributed by atoms with Gasteiger partial charge in [-0.1, -0.05) is 12.1 Å². The van der Waals surface area contributed by atoms with Gasteiger partial charge in [0, 0.05) is 13.0 Å². The van der Waals surface area contributed by atoms with Crippen molar-refractivity contribution < 1.29 is 9.53 Å². The number of ether oxygens (including phenoxy) is 1.